The van der Waals surface area contributed by atoms with E-state index in [4.69, 9.17) is 0 Å². The van der Waals surface area contributed by atoms with Gasteiger partial charge in [0, 0.05) is 19.0 Å². The van der Waals surface area contributed by atoms with Crippen LogP contribution in [0.25, 0.3) is 0 Å². The van der Waals surface area contributed by atoms with E-state index in [1.54, 1.807) is 30.3 Å². The minimum Gasteiger partial charge on any atom is -0.352 e. The Morgan fingerprint density at radius 2 is 1.57 bits per heavy atom. The smallest absolute Gasteiger partial charge is 0.221 e. The number of sulfone groups is 1. The molecule has 1 aromatic rings. The van der Waals surface area contributed by atoms with Gasteiger partial charge in [-0.25, -0.2) is 8.42 Å². The molecule has 5 nitrogen and oxygen atoms in total. The van der Waals surface area contributed by atoms with Crippen LogP contribution in [-0.2, 0) is 14.6 Å². The number of unbranched alkanes of at least 4 members (excludes halogenated alkanes) is 4. The van der Waals surface area contributed by atoms with Crippen molar-refractivity contribution in [3.63, 3.8) is 0 Å². The van der Waals surface area contributed by atoms with Crippen molar-refractivity contribution < 1.29 is 13.2 Å². The van der Waals surface area contributed by atoms with Crippen molar-refractivity contribution in [2.45, 2.75) is 76.7 Å². The number of hydrogen-bond donors (Lipinski definition) is 1. The first-order valence-electron chi connectivity index (χ1n) is 10.7. The molecule has 0 radical (unpaired) electrons. The fraction of sp³-hybridized carbons (Fsp3) is 0.682. The predicted octanol–water partition coefficient (Wildman–Crippen LogP) is 4.04. The minimum absolute atomic E-state index is 0.00671. The van der Waals surface area contributed by atoms with Crippen LogP contribution in [0.15, 0.2) is 35.2 Å². The molecule has 1 N–H and O–H groups in total. The van der Waals surface area contributed by atoms with E-state index in [0.717, 1.165) is 19.6 Å². The zero-order valence-electron chi connectivity index (χ0n) is 17.8. The van der Waals surface area contributed by atoms with Crippen LogP contribution in [0.5, 0.6) is 0 Å². The van der Waals surface area contributed by atoms with Crippen molar-refractivity contribution in [2.24, 2.45) is 0 Å². The van der Waals surface area contributed by atoms with Crippen LogP contribution in [0.1, 0.15) is 65.7 Å². The third-order valence-electron chi connectivity index (χ3n) is 4.80. The Kier molecular flexibility index (Phi) is 12.1. The van der Waals surface area contributed by atoms with E-state index >= 15 is 0 Å². The standard InChI is InChI=1S/C22H38N2O3S/c1-4-6-11-16-24(17-12-7-5-2)19-20(3)23-22(25)15-18-28(26,27)21-13-9-8-10-14-21/h8-10,13-14,20H,4-7,11-12,15-19H2,1-3H3,(H,23,25)/t20-/m1/s1. The molecule has 0 bridgehead atoms. The quantitative estimate of drug-likeness (QED) is 0.443. The molecule has 0 saturated carbocycles. The van der Waals surface area contributed by atoms with Crippen LogP contribution in [-0.4, -0.2) is 50.7 Å². The number of amides is 1. The van der Waals surface area contributed by atoms with Crippen molar-refractivity contribution in [1.29, 1.82) is 0 Å². The average molecular weight is 411 g/mol. The number of nitrogens with one attached hydrogen (secondary N) is 1. The van der Waals surface area contributed by atoms with E-state index in [0.29, 0.717) is 0 Å². The van der Waals surface area contributed by atoms with Crippen LogP contribution in [0.2, 0.25) is 0 Å². The molecule has 28 heavy (non-hydrogen) atoms. The third-order valence-corrected chi connectivity index (χ3v) is 6.53. The maximum Gasteiger partial charge on any atom is 0.221 e. The van der Waals surface area contributed by atoms with Crippen molar-refractivity contribution >= 4 is 15.7 Å². The highest BCUT2D eigenvalue weighted by Gasteiger charge is 2.18. The van der Waals surface area contributed by atoms with Crippen LogP contribution in [0.3, 0.4) is 0 Å². The molecule has 0 fully saturated rings. The van der Waals surface area contributed by atoms with Crippen molar-refractivity contribution in [1.82, 2.24) is 10.2 Å². The fourth-order valence-corrected chi connectivity index (χ4v) is 4.48. The van der Waals surface area contributed by atoms with Crippen LogP contribution >= 0.6 is 0 Å². The summed E-state index contributed by atoms with van der Waals surface area (Å²) in [4.78, 5) is 14.9. The first-order chi connectivity index (χ1) is 13.4. The maximum absolute atomic E-state index is 12.3. The fourth-order valence-electron chi connectivity index (χ4n) is 3.22. The van der Waals surface area contributed by atoms with Gasteiger partial charge in [-0.15, -0.1) is 0 Å². The summed E-state index contributed by atoms with van der Waals surface area (Å²) < 4.78 is 24.6. The molecular formula is C22H38N2O3S. The normalized spacial score (nSPS) is 12.9. The summed E-state index contributed by atoms with van der Waals surface area (Å²) >= 11 is 0. The van der Waals surface area contributed by atoms with Crippen molar-refractivity contribution in [3.05, 3.63) is 30.3 Å². The third kappa shape index (κ3) is 10.2. The first kappa shape index (κ1) is 24.6. The van der Waals surface area contributed by atoms with Gasteiger partial charge in [-0.3, -0.25) is 4.79 Å². The Morgan fingerprint density at radius 3 is 2.11 bits per heavy atom. The van der Waals surface area contributed by atoms with Crippen LogP contribution in [0.4, 0.5) is 0 Å². The molecular weight excluding hydrogens is 372 g/mol. The van der Waals surface area contributed by atoms with Gasteiger partial charge < -0.3 is 10.2 Å². The summed E-state index contributed by atoms with van der Waals surface area (Å²) in [6.45, 7) is 9.32. The molecule has 1 amide bonds. The number of benzene rings is 1. The summed E-state index contributed by atoms with van der Waals surface area (Å²) in [5, 5.41) is 2.97. The van der Waals surface area contributed by atoms with Gasteiger partial charge in [-0.05, 0) is 45.0 Å². The van der Waals surface area contributed by atoms with Gasteiger partial charge in [-0.2, -0.15) is 0 Å². The molecule has 0 unspecified atom stereocenters. The molecule has 0 spiro atoms. The van der Waals surface area contributed by atoms with E-state index in [2.05, 4.69) is 24.1 Å². The minimum atomic E-state index is -3.42. The number of rotatable bonds is 15. The second-order valence-corrected chi connectivity index (χ2v) is 9.67. The molecule has 0 aromatic heterocycles. The number of carbonyl (C=O) groups is 1. The first-order valence-corrected chi connectivity index (χ1v) is 12.3. The summed E-state index contributed by atoms with van der Waals surface area (Å²) in [6, 6.07) is 8.32. The zero-order chi connectivity index (χ0) is 20.8. The second kappa shape index (κ2) is 13.7. The van der Waals surface area contributed by atoms with E-state index in [1.165, 1.54) is 38.5 Å². The highest BCUT2D eigenvalue weighted by atomic mass is 32.2. The Labute approximate surface area is 171 Å². The van der Waals surface area contributed by atoms with Gasteiger partial charge in [0.15, 0.2) is 9.84 Å². The lowest BCUT2D eigenvalue weighted by Gasteiger charge is -2.26. The van der Waals surface area contributed by atoms with Crippen molar-refractivity contribution in [3.8, 4) is 0 Å². The Hall–Kier alpha value is -1.40. The van der Waals surface area contributed by atoms with E-state index in [1.807, 2.05) is 6.92 Å². The molecule has 0 heterocycles. The van der Waals surface area contributed by atoms with Crippen LogP contribution in [0, 0.1) is 0 Å². The lowest BCUT2D eigenvalue weighted by molar-refractivity contribution is -0.121. The average Bonchev–Trinajstić information content (AvgIpc) is 2.67. The number of carbonyl (C=O) groups excluding carboxylic acids is 1. The van der Waals surface area contributed by atoms with E-state index in [9.17, 15) is 13.2 Å². The molecule has 0 aliphatic rings. The molecule has 0 aliphatic carbocycles. The largest absolute Gasteiger partial charge is 0.352 e. The molecule has 1 aromatic carbocycles. The van der Waals surface area contributed by atoms with Gasteiger partial charge in [0.25, 0.3) is 0 Å². The number of hydrogen-bond acceptors (Lipinski definition) is 4. The second-order valence-electron chi connectivity index (χ2n) is 7.57. The van der Waals surface area contributed by atoms with Gasteiger partial charge >= 0.3 is 0 Å². The van der Waals surface area contributed by atoms with E-state index in [-0.39, 0.29) is 29.0 Å². The lowest BCUT2D eigenvalue weighted by Crippen LogP contribution is -2.43. The lowest BCUT2D eigenvalue weighted by atomic mass is 10.2. The van der Waals surface area contributed by atoms with Gasteiger partial charge in [-0.1, -0.05) is 57.7 Å². The number of nitrogens with zero attached hydrogens (tertiary/aromatic N) is 1. The monoisotopic (exact) mass is 410 g/mol. The summed E-state index contributed by atoms with van der Waals surface area (Å²) in [6.07, 6.45) is 7.20. The Bertz CT molecular complexity index is 637. The summed E-state index contributed by atoms with van der Waals surface area (Å²) in [7, 11) is -3.42. The predicted molar refractivity (Wildman–Crippen MR) is 116 cm³/mol. The topological polar surface area (TPSA) is 66.5 Å². The summed E-state index contributed by atoms with van der Waals surface area (Å²) in [5.74, 6) is -0.360. The van der Waals surface area contributed by atoms with Gasteiger partial charge in [0.1, 0.15) is 0 Å². The highest BCUT2D eigenvalue weighted by molar-refractivity contribution is 7.91. The Balaban J connectivity index is 2.45. The van der Waals surface area contributed by atoms with Crippen molar-refractivity contribution in [2.75, 3.05) is 25.4 Å². The Morgan fingerprint density at radius 1 is 1.00 bits per heavy atom. The molecule has 6 heteroatoms. The molecule has 1 rings (SSSR count). The van der Waals surface area contributed by atoms with Gasteiger partial charge in [0.2, 0.25) is 5.91 Å². The molecule has 0 aliphatic heterocycles. The maximum atomic E-state index is 12.3. The zero-order valence-corrected chi connectivity index (χ0v) is 18.6. The van der Waals surface area contributed by atoms with Crippen LogP contribution < -0.4 is 5.32 Å². The van der Waals surface area contributed by atoms with Gasteiger partial charge in [0.05, 0.1) is 10.6 Å². The molecule has 160 valence electrons. The molecule has 0 saturated heterocycles. The summed E-state index contributed by atoms with van der Waals surface area (Å²) in [5.41, 5.74) is 0. The highest BCUT2D eigenvalue weighted by Crippen LogP contribution is 2.11. The van der Waals surface area contributed by atoms with E-state index < -0.39 is 9.84 Å². The SMILES string of the molecule is CCCCCN(CCCCC)C[C@@H](C)NC(=O)CCS(=O)(=O)c1ccccc1. The molecule has 1 atom stereocenters.